The molecule has 20 heavy (non-hydrogen) atoms. The summed E-state index contributed by atoms with van der Waals surface area (Å²) in [7, 11) is 0. The maximum atomic E-state index is 5.86. The molecule has 0 radical (unpaired) electrons. The Labute approximate surface area is 117 Å². The van der Waals surface area contributed by atoms with Crippen LogP contribution in [0.3, 0.4) is 0 Å². The zero-order valence-electron chi connectivity index (χ0n) is 11.2. The molecule has 1 aliphatic carbocycles. The lowest BCUT2D eigenvalue weighted by Gasteiger charge is -2.01. The number of hydrogen-bond donors (Lipinski definition) is 1. The summed E-state index contributed by atoms with van der Waals surface area (Å²) in [5.41, 5.74) is 1.14. The summed E-state index contributed by atoms with van der Waals surface area (Å²) in [6, 6.07) is 13.0. The normalized spacial score (nSPS) is 15.0. The topological polar surface area (TPSA) is 43.0 Å². The SMILES string of the molecule is c1ccc2c(c1)cnn2Cc1ccc(CNC2CC2)o1. The highest BCUT2D eigenvalue weighted by atomic mass is 16.3. The Bertz CT molecular complexity index is 724. The molecule has 1 aliphatic rings. The number of fused-ring (bicyclic) bond motifs is 1. The van der Waals surface area contributed by atoms with Crippen LogP contribution >= 0.6 is 0 Å². The van der Waals surface area contributed by atoms with Gasteiger partial charge in [0.25, 0.3) is 0 Å². The van der Waals surface area contributed by atoms with Gasteiger partial charge in [-0.15, -0.1) is 0 Å². The van der Waals surface area contributed by atoms with Gasteiger partial charge in [0.1, 0.15) is 11.5 Å². The fourth-order valence-corrected chi connectivity index (χ4v) is 2.43. The van der Waals surface area contributed by atoms with Crippen LogP contribution in [0.1, 0.15) is 24.4 Å². The van der Waals surface area contributed by atoms with E-state index in [-0.39, 0.29) is 0 Å². The zero-order valence-corrected chi connectivity index (χ0v) is 11.2. The zero-order chi connectivity index (χ0) is 13.4. The average molecular weight is 267 g/mol. The van der Waals surface area contributed by atoms with Gasteiger partial charge in [0.15, 0.2) is 0 Å². The minimum Gasteiger partial charge on any atom is -0.463 e. The Morgan fingerprint density at radius 2 is 2.00 bits per heavy atom. The van der Waals surface area contributed by atoms with E-state index in [1.54, 1.807) is 0 Å². The molecule has 0 unspecified atom stereocenters. The standard InChI is InChI=1S/C16H17N3O/c1-2-4-16-12(3-1)9-18-19(16)11-15-8-7-14(20-15)10-17-13-5-6-13/h1-4,7-9,13,17H,5-6,10-11H2. The quantitative estimate of drug-likeness (QED) is 0.773. The fraction of sp³-hybridized carbons (Fsp3) is 0.312. The molecule has 0 atom stereocenters. The van der Waals surface area contributed by atoms with Crippen LogP contribution in [0.5, 0.6) is 0 Å². The van der Waals surface area contributed by atoms with Gasteiger partial charge in [-0.3, -0.25) is 4.68 Å². The summed E-state index contributed by atoms with van der Waals surface area (Å²) in [4.78, 5) is 0. The second kappa shape index (κ2) is 4.80. The Morgan fingerprint density at radius 3 is 2.90 bits per heavy atom. The van der Waals surface area contributed by atoms with Crippen molar-refractivity contribution in [2.45, 2.75) is 32.0 Å². The first-order chi connectivity index (χ1) is 9.88. The molecule has 0 bridgehead atoms. The molecule has 0 saturated heterocycles. The van der Waals surface area contributed by atoms with Gasteiger partial charge in [-0.1, -0.05) is 18.2 Å². The van der Waals surface area contributed by atoms with Crippen LogP contribution in [0, 0.1) is 0 Å². The van der Waals surface area contributed by atoms with Crippen molar-refractivity contribution in [2.75, 3.05) is 0 Å². The third-order valence-electron chi connectivity index (χ3n) is 3.72. The molecular formula is C16H17N3O. The van der Waals surface area contributed by atoms with Gasteiger partial charge < -0.3 is 9.73 Å². The van der Waals surface area contributed by atoms with Crippen molar-refractivity contribution in [3.63, 3.8) is 0 Å². The highest BCUT2D eigenvalue weighted by Gasteiger charge is 2.20. The van der Waals surface area contributed by atoms with Crippen LogP contribution in [-0.2, 0) is 13.1 Å². The molecule has 1 N–H and O–H groups in total. The summed E-state index contributed by atoms with van der Waals surface area (Å²) in [6.45, 7) is 1.50. The Kier molecular flexibility index (Phi) is 2.81. The van der Waals surface area contributed by atoms with Crippen LogP contribution in [0.2, 0.25) is 0 Å². The van der Waals surface area contributed by atoms with E-state index in [0.717, 1.165) is 29.0 Å². The van der Waals surface area contributed by atoms with Gasteiger partial charge in [-0.25, -0.2) is 0 Å². The van der Waals surface area contributed by atoms with Crippen LogP contribution in [0.4, 0.5) is 0 Å². The lowest BCUT2D eigenvalue weighted by Crippen LogP contribution is -2.14. The molecule has 0 aliphatic heterocycles. The number of nitrogens with one attached hydrogen (secondary N) is 1. The summed E-state index contributed by atoms with van der Waals surface area (Å²) < 4.78 is 7.84. The Morgan fingerprint density at radius 1 is 1.15 bits per heavy atom. The van der Waals surface area contributed by atoms with Crippen molar-refractivity contribution in [1.82, 2.24) is 15.1 Å². The van der Waals surface area contributed by atoms with Gasteiger partial charge in [0.05, 0.1) is 24.8 Å². The van der Waals surface area contributed by atoms with Crippen LogP contribution in [0.15, 0.2) is 47.0 Å². The van der Waals surface area contributed by atoms with Crippen LogP contribution in [0.25, 0.3) is 10.9 Å². The Balaban J connectivity index is 1.50. The van der Waals surface area contributed by atoms with Crippen molar-refractivity contribution in [1.29, 1.82) is 0 Å². The molecule has 4 heteroatoms. The first-order valence-electron chi connectivity index (χ1n) is 7.10. The number of hydrogen-bond acceptors (Lipinski definition) is 3. The molecule has 4 rings (SSSR count). The molecule has 3 aromatic rings. The molecule has 4 nitrogen and oxygen atoms in total. The summed E-state index contributed by atoms with van der Waals surface area (Å²) in [5.74, 6) is 1.95. The van der Waals surface area contributed by atoms with E-state index in [1.165, 1.54) is 12.8 Å². The largest absolute Gasteiger partial charge is 0.463 e. The molecule has 102 valence electrons. The van der Waals surface area contributed by atoms with Crippen LogP contribution in [-0.4, -0.2) is 15.8 Å². The lowest BCUT2D eigenvalue weighted by molar-refractivity contribution is 0.432. The summed E-state index contributed by atoms with van der Waals surface area (Å²) in [6.07, 6.45) is 4.49. The van der Waals surface area contributed by atoms with Crippen molar-refractivity contribution in [3.8, 4) is 0 Å². The lowest BCUT2D eigenvalue weighted by atomic mass is 10.2. The number of rotatable bonds is 5. The number of benzene rings is 1. The third kappa shape index (κ3) is 2.34. The van der Waals surface area contributed by atoms with Crippen molar-refractivity contribution in [3.05, 3.63) is 54.1 Å². The molecule has 1 fully saturated rings. The van der Waals surface area contributed by atoms with E-state index in [9.17, 15) is 0 Å². The number of furan rings is 1. The fourth-order valence-electron chi connectivity index (χ4n) is 2.43. The first kappa shape index (κ1) is 11.7. The second-order valence-electron chi connectivity index (χ2n) is 5.38. The minimum absolute atomic E-state index is 0.678. The molecule has 2 heterocycles. The van der Waals surface area contributed by atoms with E-state index in [2.05, 4.69) is 28.6 Å². The second-order valence-corrected chi connectivity index (χ2v) is 5.38. The number of para-hydroxylation sites is 1. The number of aromatic nitrogens is 2. The monoisotopic (exact) mass is 267 g/mol. The third-order valence-corrected chi connectivity index (χ3v) is 3.72. The molecule has 1 saturated carbocycles. The van der Waals surface area contributed by atoms with Gasteiger partial charge in [-0.05, 0) is 31.0 Å². The maximum Gasteiger partial charge on any atom is 0.125 e. The summed E-state index contributed by atoms with van der Waals surface area (Å²) >= 11 is 0. The average Bonchev–Trinajstić information content (AvgIpc) is 3.06. The molecule has 1 aromatic carbocycles. The van der Waals surface area contributed by atoms with Gasteiger partial charge in [0, 0.05) is 11.4 Å². The molecule has 2 aromatic heterocycles. The van der Waals surface area contributed by atoms with E-state index >= 15 is 0 Å². The minimum atomic E-state index is 0.678. The number of nitrogens with zero attached hydrogens (tertiary/aromatic N) is 2. The maximum absolute atomic E-state index is 5.86. The Hall–Kier alpha value is -2.07. The van der Waals surface area contributed by atoms with E-state index in [1.807, 2.05) is 29.1 Å². The van der Waals surface area contributed by atoms with E-state index in [4.69, 9.17) is 4.42 Å². The predicted molar refractivity (Wildman–Crippen MR) is 77.4 cm³/mol. The van der Waals surface area contributed by atoms with E-state index in [0.29, 0.717) is 12.6 Å². The molecule has 0 amide bonds. The summed E-state index contributed by atoms with van der Waals surface area (Å²) in [5, 5.41) is 9.05. The van der Waals surface area contributed by atoms with Gasteiger partial charge in [-0.2, -0.15) is 5.10 Å². The van der Waals surface area contributed by atoms with Crippen molar-refractivity contribution >= 4 is 10.9 Å². The van der Waals surface area contributed by atoms with Gasteiger partial charge >= 0.3 is 0 Å². The van der Waals surface area contributed by atoms with Gasteiger partial charge in [0.2, 0.25) is 0 Å². The predicted octanol–water partition coefficient (Wildman–Crippen LogP) is 2.93. The smallest absolute Gasteiger partial charge is 0.125 e. The molecular weight excluding hydrogens is 250 g/mol. The highest BCUT2D eigenvalue weighted by molar-refractivity contribution is 5.78. The van der Waals surface area contributed by atoms with E-state index < -0.39 is 0 Å². The van der Waals surface area contributed by atoms with Crippen molar-refractivity contribution < 1.29 is 4.42 Å². The van der Waals surface area contributed by atoms with Crippen LogP contribution < -0.4 is 5.32 Å². The first-order valence-corrected chi connectivity index (χ1v) is 7.10. The highest BCUT2D eigenvalue weighted by Crippen LogP contribution is 2.20. The molecule has 0 spiro atoms. The van der Waals surface area contributed by atoms with Crippen molar-refractivity contribution in [2.24, 2.45) is 0 Å².